The van der Waals surface area contributed by atoms with Crippen molar-refractivity contribution < 1.29 is 9.50 Å². The van der Waals surface area contributed by atoms with E-state index in [0.717, 1.165) is 5.56 Å². The van der Waals surface area contributed by atoms with Crippen LogP contribution in [-0.4, -0.2) is 18.3 Å². The maximum absolute atomic E-state index is 13.1. The van der Waals surface area contributed by atoms with E-state index >= 15 is 0 Å². The highest BCUT2D eigenvalue weighted by Crippen LogP contribution is 2.12. The number of nitrogens with zero attached hydrogens (tertiary/aromatic N) is 1. The molecule has 0 heterocycles. The summed E-state index contributed by atoms with van der Waals surface area (Å²) in [6, 6.07) is 6.19. The molecule has 17 heavy (non-hydrogen) atoms. The number of benzene rings is 1. The smallest absolute Gasteiger partial charge is 0.124 e. The van der Waals surface area contributed by atoms with Gasteiger partial charge in [0.25, 0.3) is 0 Å². The lowest BCUT2D eigenvalue weighted by Crippen LogP contribution is -2.31. The van der Waals surface area contributed by atoms with Crippen LogP contribution in [0.2, 0.25) is 0 Å². The van der Waals surface area contributed by atoms with Gasteiger partial charge in [0.2, 0.25) is 0 Å². The van der Waals surface area contributed by atoms with Crippen LogP contribution in [0.1, 0.15) is 25.0 Å². The van der Waals surface area contributed by atoms with Crippen molar-refractivity contribution in [3.05, 3.63) is 35.1 Å². The zero-order valence-electron chi connectivity index (χ0n) is 10.1. The van der Waals surface area contributed by atoms with E-state index < -0.39 is 5.82 Å². The molecule has 0 saturated heterocycles. The Morgan fingerprint density at radius 3 is 2.71 bits per heavy atom. The van der Waals surface area contributed by atoms with Crippen molar-refractivity contribution >= 4 is 0 Å². The Kier molecular flexibility index (Phi) is 4.62. The molecule has 92 valence electrons. The SMILES string of the molecule is CC(C)(CO)CNCc1cc(F)cc(C#N)c1. The highest BCUT2D eigenvalue weighted by Gasteiger charge is 2.15. The summed E-state index contributed by atoms with van der Waals surface area (Å²) in [6.45, 7) is 5.07. The van der Waals surface area contributed by atoms with Crippen LogP contribution < -0.4 is 5.32 Å². The standard InChI is InChI=1S/C13H17FN2O/c1-13(2,9-17)8-16-7-11-3-10(6-15)4-12(14)5-11/h3-5,16-17H,7-9H2,1-2H3. The molecule has 0 saturated carbocycles. The molecule has 3 nitrogen and oxygen atoms in total. The van der Waals surface area contributed by atoms with E-state index in [4.69, 9.17) is 10.4 Å². The van der Waals surface area contributed by atoms with Gasteiger partial charge < -0.3 is 10.4 Å². The Labute approximate surface area is 101 Å². The van der Waals surface area contributed by atoms with Gasteiger partial charge in [-0.3, -0.25) is 0 Å². The molecule has 0 unspecified atom stereocenters. The Morgan fingerprint density at radius 2 is 2.12 bits per heavy atom. The second-order valence-electron chi connectivity index (χ2n) is 4.89. The van der Waals surface area contributed by atoms with Crippen molar-refractivity contribution in [1.29, 1.82) is 5.26 Å². The van der Waals surface area contributed by atoms with Gasteiger partial charge in [-0.15, -0.1) is 0 Å². The van der Waals surface area contributed by atoms with E-state index in [2.05, 4.69) is 5.32 Å². The third-order valence-corrected chi connectivity index (χ3v) is 2.45. The van der Waals surface area contributed by atoms with Gasteiger partial charge in [0.15, 0.2) is 0 Å². The number of aliphatic hydroxyl groups excluding tert-OH is 1. The van der Waals surface area contributed by atoms with Gasteiger partial charge >= 0.3 is 0 Å². The quantitative estimate of drug-likeness (QED) is 0.819. The first-order valence-corrected chi connectivity index (χ1v) is 5.48. The van der Waals surface area contributed by atoms with Crippen LogP contribution in [0.3, 0.4) is 0 Å². The summed E-state index contributed by atoms with van der Waals surface area (Å²) in [7, 11) is 0. The number of nitrogens with one attached hydrogen (secondary N) is 1. The molecule has 0 spiro atoms. The fourth-order valence-electron chi connectivity index (χ4n) is 1.42. The molecular formula is C13H17FN2O. The maximum atomic E-state index is 13.1. The average molecular weight is 236 g/mol. The zero-order valence-corrected chi connectivity index (χ0v) is 10.1. The van der Waals surface area contributed by atoms with Crippen molar-refractivity contribution in [2.75, 3.05) is 13.2 Å². The summed E-state index contributed by atoms with van der Waals surface area (Å²) in [5.74, 6) is -0.401. The second-order valence-corrected chi connectivity index (χ2v) is 4.89. The number of aliphatic hydroxyl groups is 1. The highest BCUT2D eigenvalue weighted by molar-refractivity contribution is 5.33. The van der Waals surface area contributed by atoms with Crippen LogP contribution in [0.15, 0.2) is 18.2 Å². The molecule has 0 atom stereocenters. The molecule has 2 N–H and O–H groups in total. The summed E-state index contributed by atoms with van der Waals surface area (Å²) in [4.78, 5) is 0. The molecule has 1 aromatic carbocycles. The minimum absolute atomic E-state index is 0.0899. The summed E-state index contributed by atoms with van der Waals surface area (Å²) in [5.41, 5.74) is 0.851. The summed E-state index contributed by atoms with van der Waals surface area (Å²) in [5, 5.41) is 20.9. The van der Waals surface area contributed by atoms with E-state index in [1.165, 1.54) is 12.1 Å². The van der Waals surface area contributed by atoms with E-state index in [1.807, 2.05) is 19.9 Å². The van der Waals surface area contributed by atoms with Crippen LogP contribution in [0, 0.1) is 22.6 Å². The molecule has 0 radical (unpaired) electrons. The van der Waals surface area contributed by atoms with Crippen LogP contribution in [0.25, 0.3) is 0 Å². The lowest BCUT2D eigenvalue weighted by atomic mass is 9.95. The number of nitriles is 1. The van der Waals surface area contributed by atoms with Crippen molar-refractivity contribution in [2.45, 2.75) is 20.4 Å². The van der Waals surface area contributed by atoms with Crippen molar-refractivity contribution in [3.8, 4) is 6.07 Å². The van der Waals surface area contributed by atoms with Crippen LogP contribution >= 0.6 is 0 Å². The highest BCUT2D eigenvalue weighted by atomic mass is 19.1. The van der Waals surface area contributed by atoms with Gasteiger partial charge in [0.1, 0.15) is 5.82 Å². The first-order valence-electron chi connectivity index (χ1n) is 5.48. The fraction of sp³-hybridized carbons (Fsp3) is 0.462. The van der Waals surface area contributed by atoms with Crippen molar-refractivity contribution in [2.24, 2.45) is 5.41 Å². The van der Waals surface area contributed by atoms with Crippen molar-refractivity contribution in [3.63, 3.8) is 0 Å². The Balaban J connectivity index is 2.58. The van der Waals surface area contributed by atoms with E-state index in [-0.39, 0.29) is 12.0 Å². The zero-order chi connectivity index (χ0) is 12.9. The fourth-order valence-corrected chi connectivity index (χ4v) is 1.42. The molecule has 0 aromatic heterocycles. The van der Waals surface area contributed by atoms with Gasteiger partial charge in [0.05, 0.1) is 11.6 Å². The summed E-state index contributed by atoms with van der Waals surface area (Å²) < 4.78 is 13.1. The largest absolute Gasteiger partial charge is 0.396 e. The molecule has 0 fully saturated rings. The third kappa shape index (κ3) is 4.51. The van der Waals surface area contributed by atoms with Gasteiger partial charge in [-0.05, 0) is 23.8 Å². The molecule has 1 aromatic rings. The van der Waals surface area contributed by atoms with E-state index in [9.17, 15) is 4.39 Å². The molecule has 0 aliphatic carbocycles. The molecule has 0 bridgehead atoms. The monoisotopic (exact) mass is 236 g/mol. The average Bonchev–Trinajstić information content (AvgIpc) is 2.28. The minimum Gasteiger partial charge on any atom is -0.396 e. The van der Waals surface area contributed by atoms with Gasteiger partial charge in [-0.1, -0.05) is 13.8 Å². The van der Waals surface area contributed by atoms with E-state index in [0.29, 0.717) is 18.7 Å². The minimum atomic E-state index is -0.401. The first-order chi connectivity index (χ1) is 7.96. The Morgan fingerprint density at radius 1 is 1.41 bits per heavy atom. The Bertz CT molecular complexity index is 424. The third-order valence-electron chi connectivity index (χ3n) is 2.45. The molecule has 0 aliphatic rings. The Hall–Kier alpha value is -1.44. The van der Waals surface area contributed by atoms with Gasteiger partial charge in [-0.25, -0.2) is 4.39 Å². The molecular weight excluding hydrogens is 219 g/mol. The second kappa shape index (κ2) is 5.76. The van der Waals surface area contributed by atoms with Crippen LogP contribution in [-0.2, 0) is 6.54 Å². The lowest BCUT2D eigenvalue weighted by molar-refractivity contribution is 0.156. The number of hydrogen-bond donors (Lipinski definition) is 2. The van der Waals surface area contributed by atoms with Crippen LogP contribution in [0.4, 0.5) is 4.39 Å². The predicted molar refractivity (Wildman–Crippen MR) is 63.7 cm³/mol. The van der Waals surface area contributed by atoms with E-state index in [1.54, 1.807) is 6.07 Å². The topological polar surface area (TPSA) is 56.0 Å². The van der Waals surface area contributed by atoms with Gasteiger partial charge in [-0.2, -0.15) is 5.26 Å². The van der Waals surface area contributed by atoms with Crippen LogP contribution in [0.5, 0.6) is 0 Å². The van der Waals surface area contributed by atoms with Crippen molar-refractivity contribution in [1.82, 2.24) is 5.32 Å². The summed E-state index contributed by atoms with van der Waals surface area (Å²) in [6.07, 6.45) is 0. The summed E-state index contributed by atoms with van der Waals surface area (Å²) >= 11 is 0. The molecule has 0 amide bonds. The number of rotatable bonds is 5. The molecule has 0 aliphatic heterocycles. The molecule has 1 rings (SSSR count). The number of hydrogen-bond acceptors (Lipinski definition) is 3. The maximum Gasteiger partial charge on any atom is 0.124 e. The normalized spacial score (nSPS) is 11.2. The number of halogens is 1. The van der Waals surface area contributed by atoms with Gasteiger partial charge in [0, 0.05) is 25.1 Å². The molecule has 4 heteroatoms. The predicted octanol–water partition coefficient (Wildman–Crippen LogP) is 1.81. The first kappa shape index (κ1) is 13.6. The lowest BCUT2D eigenvalue weighted by Gasteiger charge is -2.21.